The van der Waals surface area contributed by atoms with Crippen LogP contribution in [0.25, 0.3) is 11.0 Å². The molecule has 15 heavy (non-hydrogen) atoms. The lowest BCUT2D eigenvalue weighted by atomic mass is 10.2. The van der Waals surface area contributed by atoms with E-state index < -0.39 is 0 Å². The van der Waals surface area contributed by atoms with E-state index >= 15 is 0 Å². The van der Waals surface area contributed by atoms with E-state index in [1.165, 1.54) is 11.1 Å². The fourth-order valence-corrected chi connectivity index (χ4v) is 2.00. The van der Waals surface area contributed by atoms with E-state index in [1.807, 2.05) is 0 Å². The number of imidazole rings is 1. The zero-order valence-corrected chi connectivity index (χ0v) is 9.33. The summed E-state index contributed by atoms with van der Waals surface area (Å²) in [5.74, 6) is 1.13. The maximum absolute atomic E-state index is 5.51. The summed E-state index contributed by atoms with van der Waals surface area (Å²) < 4.78 is 2.18. The first-order chi connectivity index (χ1) is 7.24. The molecule has 0 radical (unpaired) electrons. The van der Waals surface area contributed by atoms with E-state index in [-0.39, 0.29) is 0 Å². The van der Waals surface area contributed by atoms with Crippen LogP contribution in [0.2, 0.25) is 0 Å². The highest BCUT2D eigenvalue weighted by molar-refractivity contribution is 5.79. The first kappa shape index (κ1) is 10.2. The van der Waals surface area contributed by atoms with E-state index in [9.17, 15) is 0 Å². The minimum Gasteiger partial charge on any atom is -0.331 e. The summed E-state index contributed by atoms with van der Waals surface area (Å²) in [7, 11) is 2.08. The Morgan fingerprint density at radius 1 is 1.40 bits per heavy atom. The molecule has 2 aromatic rings. The SMILES string of the molecule is Cc1cccc2nc(CCCN)n(C)c12. The molecular formula is C12H17N3. The molecule has 2 N–H and O–H groups in total. The Hall–Kier alpha value is -1.35. The molecule has 3 nitrogen and oxygen atoms in total. The van der Waals surface area contributed by atoms with E-state index in [4.69, 9.17) is 5.73 Å². The fraction of sp³-hybridized carbons (Fsp3) is 0.417. The predicted molar refractivity (Wildman–Crippen MR) is 62.8 cm³/mol. The number of rotatable bonds is 3. The largest absolute Gasteiger partial charge is 0.331 e. The number of aromatic nitrogens is 2. The maximum Gasteiger partial charge on any atom is 0.109 e. The minimum absolute atomic E-state index is 0.724. The van der Waals surface area contributed by atoms with Crippen molar-refractivity contribution in [3.05, 3.63) is 29.6 Å². The Morgan fingerprint density at radius 3 is 2.87 bits per heavy atom. The van der Waals surface area contributed by atoms with Crippen LogP contribution < -0.4 is 5.73 Å². The van der Waals surface area contributed by atoms with Gasteiger partial charge in [-0.05, 0) is 31.5 Å². The van der Waals surface area contributed by atoms with Gasteiger partial charge >= 0.3 is 0 Å². The summed E-state index contributed by atoms with van der Waals surface area (Å²) in [4.78, 5) is 4.62. The van der Waals surface area contributed by atoms with Gasteiger partial charge in [-0.2, -0.15) is 0 Å². The average molecular weight is 203 g/mol. The topological polar surface area (TPSA) is 43.8 Å². The van der Waals surface area contributed by atoms with Crippen molar-refractivity contribution in [1.82, 2.24) is 9.55 Å². The fourth-order valence-electron chi connectivity index (χ4n) is 2.00. The number of para-hydroxylation sites is 1. The smallest absolute Gasteiger partial charge is 0.109 e. The maximum atomic E-state index is 5.51. The van der Waals surface area contributed by atoms with Gasteiger partial charge in [-0.15, -0.1) is 0 Å². The van der Waals surface area contributed by atoms with Gasteiger partial charge < -0.3 is 10.3 Å². The minimum atomic E-state index is 0.724. The molecule has 0 fully saturated rings. The Kier molecular flexibility index (Phi) is 2.73. The monoisotopic (exact) mass is 203 g/mol. The third-order valence-electron chi connectivity index (χ3n) is 2.79. The number of fused-ring (bicyclic) bond motifs is 1. The lowest BCUT2D eigenvalue weighted by molar-refractivity contribution is 0.740. The molecule has 3 heteroatoms. The van der Waals surface area contributed by atoms with Gasteiger partial charge in [-0.1, -0.05) is 12.1 Å². The first-order valence-corrected chi connectivity index (χ1v) is 5.35. The molecule has 0 bridgehead atoms. The summed E-state index contributed by atoms with van der Waals surface area (Å²) in [6, 6.07) is 6.24. The highest BCUT2D eigenvalue weighted by Gasteiger charge is 2.08. The van der Waals surface area contributed by atoms with Crippen molar-refractivity contribution in [3.8, 4) is 0 Å². The molecule has 1 aromatic carbocycles. The Labute approximate surface area is 89.9 Å². The van der Waals surface area contributed by atoms with Crippen molar-refractivity contribution in [1.29, 1.82) is 0 Å². The molecule has 0 spiro atoms. The second-order valence-electron chi connectivity index (χ2n) is 3.92. The van der Waals surface area contributed by atoms with Gasteiger partial charge in [-0.25, -0.2) is 4.98 Å². The Balaban J connectivity index is 2.50. The standard InChI is InChI=1S/C12H17N3/c1-9-5-3-6-10-12(9)15(2)11(14-10)7-4-8-13/h3,5-6H,4,7-8,13H2,1-2H3. The Bertz CT molecular complexity index is 471. The number of aryl methyl sites for hydroxylation is 3. The zero-order chi connectivity index (χ0) is 10.8. The van der Waals surface area contributed by atoms with Gasteiger partial charge in [-0.3, -0.25) is 0 Å². The lowest BCUT2D eigenvalue weighted by Crippen LogP contribution is -2.04. The summed E-state index contributed by atoms with van der Waals surface area (Å²) in [5.41, 5.74) is 9.12. The molecule has 80 valence electrons. The van der Waals surface area contributed by atoms with Gasteiger partial charge in [0.1, 0.15) is 5.82 Å². The van der Waals surface area contributed by atoms with Crippen LogP contribution in [-0.2, 0) is 13.5 Å². The summed E-state index contributed by atoms with van der Waals surface area (Å²) >= 11 is 0. The van der Waals surface area contributed by atoms with Gasteiger partial charge in [0, 0.05) is 13.5 Å². The van der Waals surface area contributed by atoms with E-state index in [0.717, 1.165) is 30.7 Å². The van der Waals surface area contributed by atoms with Gasteiger partial charge in [0.05, 0.1) is 11.0 Å². The van der Waals surface area contributed by atoms with Crippen LogP contribution in [0.4, 0.5) is 0 Å². The molecule has 0 saturated heterocycles. The highest BCUT2D eigenvalue weighted by Crippen LogP contribution is 2.19. The molecule has 1 heterocycles. The Morgan fingerprint density at radius 2 is 2.20 bits per heavy atom. The number of hydrogen-bond acceptors (Lipinski definition) is 2. The summed E-state index contributed by atoms with van der Waals surface area (Å²) in [6.45, 7) is 2.85. The van der Waals surface area contributed by atoms with Crippen LogP contribution in [0.3, 0.4) is 0 Å². The summed E-state index contributed by atoms with van der Waals surface area (Å²) in [6.07, 6.45) is 1.96. The van der Waals surface area contributed by atoms with Crippen molar-refractivity contribution in [2.45, 2.75) is 19.8 Å². The molecule has 0 aliphatic heterocycles. The van der Waals surface area contributed by atoms with Crippen molar-refractivity contribution in [2.24, 2.45) is 12.8 Å². The summed E-state index contributed by atoms with van der Waals surface area (Å²) in [5, 5.41) is 0. The van der Waals surface area contributed by atoms with Crippen LogP contribution in [0, 0.1) is 6.92 Å². The van der Waals surface area contributed by atoms with Crippen molar-refractivity contribution in [2.75, 3.05) is 6.54 Å². The van der Waals surface area contributed by atoms with E-state index in [1.54, 1.807) is 0 Å². The molecule has 0 unspecified atom stereocenters. The average Bonchev–Trinajstić information content (AvgIpc) is 2.54. The second-order valence-corrected chi connectivity index (χ2v) is 3.92. The third kappa shape index (κ3) is 1.75. The molecular weight excluding hydrogens is 186 g/mol. The number of benzene rings is 1. The van der Waals surface area contributed by atoms with Crippen molar-refractivity contribution >= 4 is 11.0 Å². The van der Waals surface area contributed by atoms with Crippen molar-refractivity contribution in [3.63, 3.8) is 0 Å². The van der Waals surface area contributed by atoms with E-state index in [0.29, 0.717) is 0 Å². The number of hydrogen-bond donors (Lipinski definition) is 1. The van der Waals surface area contributed by atoms with Gasteiger partial charge in [0.2, 0.25) is 0 Å². The van der Waals surface area contributed by atoms with E-state index in [2.05, 4.69) is 41.7 Å². The van der Waals surface area contributed by atoms with Crippen LogP contribution in [0.15, 0.2) is 18.2 Å². The first-order valence-electron chi connectivity index (χ1n) is 5.35. The molecule has 0 saturated carbocycles. The molecule has 0 aliphatic rings. The quantitative estimate of drug-likeness (QED) is 0.826. The van der Waals surface area contributed by atoms with Crippen LogP contribution >= 0.6 is 0 Å². The van der Waals surface area contributed by atoms with Crippen LogP contribution in [0.1, 0.15) is 17.8 Å². The molecule has 0 amide bonds. The number of nitrogens with two attached hydrogens (primary N) is 1. The zero-order valence-electron chi connectivity index (χ0n) is 9.33. The predicted octanol–water partition coefficient (Wildman–Crippen LogP) is 1.77. The normalized spacial score (nSPS) is 11.1. The molecule has 0 atom stereocenters. The second kappa shape index (κ2) is 4.03. The van der Waals surface area contributed by atoms with Crippen molar-refractivity contribution < 1.29 is 0 Å². The number of nitrogens with zero attached hydrogens (tertiary/aromatic N) is 2. The van der Waals surface area contributed by atoms with Gasteiger partial charge in [0.25, 0.3) is 0 Å². The van der Waals surface area contributed by atoms with Crippen LogP contribution in [-0.4, -0.2) is 16.1 Å². The molecule has 0 aliphatic carbocycles. The highest BCUT2D eigenvalue weighted by atomic mass is 15.1. The third-order valence-corrected chi connectivity index (χ3v) is 2.79. The lowest BCUT2D eigenvalue weighted by Gasteiger charge is -2.02. The molecule has 1 aromatic heterocycles. The van der Waals surface area contributed by atoms with Crippen LogP contribution in [0.5, 0.6) is 0 Å². The van der Waals surface area contributed by atoms with Gasteiger partial charge in [0.15, 0.2) is 0 Å². The molecule has 2 rings (SSSR count).